The van der Waals surface area contributed by atoms with E-state index in [2.05, 4.69) is 20.4 Å². The first-order chi connectivity index (χ1) is 7.85. The summed E-state index contributed by atoms with van der Waals surface area (Å²) in [5.41, 5.74) is 0. The Morgan fingerprint density at radius 2 is 2.25 bits per heavy atom. The Bertz CT molecular complexity index is 365. The van der Waals surface area contributed by atoms with Gasteiger partial charge in [0.1, 0.15) is 5.88 Å². The van der Waals surface area contributed by atoms with Gasteiger partial charge in [0.05, 0.1) is 0 Å². The second-order valence-corrected chi connectivity index (χ2v) is 4.76. The lowest BCUT2D eigenvalue weighted by atomic mass is 10.3. The second-order valence-electron chi connectivity index (χ2n) is 4.49. The molecular weight excluding hydrogens is 228 g/mol. The van der Waals surface area contributed by atoms with Crippen molar-refractivity contribution >= 4 is 17.6 Å². The SMILES string of the molecule is ClCc1nnc(NC2CCN(C3CC3)C2)o1. The number of likely N-dealkylation sites (tertiary alicyclic amines) is 1. The van der Waals surface area contributed by atoms with Gasteiger partial charge in [-0.1, -0.05) is 5.10 Å². The van der Waals surface area contributed by atoms with Crippen molar-refractivity contribution in [2.24, 2.45) is 0 Å². The fourth-order valence-electron chi connectivity index (χ4n) is 2.22. The summed E-state index contributed by atoms with van der Waals surface area (Å²) >= 11 is 5.60. The minimum atomic E-state index is 0.271. The van der Waals surface area contributed by atoms with Crippen LogP contribution in [-0.4, -0.2) is 40.3 Å². The van der Waals surface area contributed by atoms with Crippen LogP contribution in [0.25, 0.3) is 0 Å². The molecule has 0 amide bonds. The zero-order chi connectivity index (χ0) is 11.0. The van der Waals surface area contributed by atoms with Gasteiger partial charge in [-0.05, 0) is 19.3 Å². The van der Waals surface area contributed by atoms with Gasteiger partial charge in [-0.3, -0.25) is 4.90 Å². The monoisotopic (exact) mass is 242 g/mol. The van der Waals surface area contributed by atoms with Crippen LogP contribution in [0.2, 0.25) is 0 Å². The molecule has 1 aromatic rings. The Kier molecular flexibility index (Phi) is 2.73. The first kappa shape index (κ1) is 10.4. The van der Waals surface area contributed by atoms with Crippen molar-refractivity contribution in [3.63, 3.8) is 0 Å². The van der Waals surface area contributed by atoms with E-state index in [4.69, 9.17) is 16.0 Å². The summed E-state index contributed by atoms with van der Waals surface area (Å²) in [7, 11) is 0. The summed E-state index contributed by atoms with van der Waals surface area (Å²) in [5.74, 6) is 0.745. The number of nitrogens with zero attached hydrogens (tertiary/aromatic N) is 3. The highest BCUT2D eigenvalue weighted by Crippen LogP contribution is 2.30. The van der Waals surface area contributed by atoms with Crippen LogP contribution in [0.4, 0.5) is 6.01 Å². The predicted octanol–water partition coefficient (Wildman–Crippen LogP) is 1.46. The molecule has 1 atom stereocenters. The molecule has 16 heavy (non-hydrogen) atoms. The third kappa shape index (κ3) is 2.15. The molecule has 1 aromatic heterocycles. The standard InChI is InChI=1S/C10H15ClN4O/c11-5-9-13-14-10(16-9)12-7-3-4-15(6-7)8-1-2-8/h7-8H,1-6H2,(H,12,14). The molecule has 0 radical (unpaired) electrons. The average molecular weight is 243 g/mol. The van der Waals surface area contributed by atoms with E-state index in [1.54, 1.807) is 0 Å². The Labute approximate surface area is 99.2 Å². The van der Waals surface area contributed by atoms with Gasteiger partial charge < -0.3 is 9.73 Å². The predicted molar refractivity (Wildman–Crippen MR) is 60.5 cm³/mol. The maximum atomic E-state index is 5.60. The molecule has 1 unspecified atom stereocenters. The summed E-state index contributed by atoms with van der Waals surface area (Å²) in [6, 6.07) is 1.77. The van der Waals surface area contributed by atoms with Gasteiger partial charge in [0.15, 0.2) is 0 Å². The summed E-state index contributed by atoms with van der Waals surface area (Å²) in [5, 5.41) is 11.0. The highest BCUT2D eigenvalue weighted by molar-refractivity contribution is 6.16. The summed E-state index contributed by atoms with van der Waals surface area (Å²) in [6.07, 6.45) is 3.88. The molecule has 2 fully saturated rings. The molecule has 88 valence electrons. The van der Waals surface area contributed by atoms with Gasteiger partial charge in [0, 0.05) is 25.2 Å². The van der Waals surface area contributed by atoms with Crippen LogP contribution < -0.4 is 5.32 Å². The largest absolute Gasteiger partial charge is 0.407 e. The maximum Gasteiger partial charge on any atom is 0.315 e. The van der Waals surface area contributed by atoms with Gasteiger partial charge in [0.25, 0.3) is 0 Å². The smallest absolute Gasteiger partial charge is 0.315 e. The molecule has 5 nitrogen and oxygen atoms in total. The topological polar surface area (TPSA) is 54.2 Å². The van der Waals surface area contributed by atoms with Crippen LogP contribution in [0.15, 0.2) is 4.42 Å². The molecule has 1 aliphatic heterocycles. The van der Waals surface area contributed by atoms with E-state index in [0.29, 0.717) is 17.9 Å². The highest BCUT2D eigenvalue weighted by atomic mass is 35.5. The summed E-state index contributed by atoms with van der Waals surface area (Å²) < 4.78 is 5.32. The Hall–Kier alpha value is -0.810. The fraction of sp³-hybridized carbons (Fsp3) is 0.800. The minimum absolute atomic E-state index is 0.271. The second kappa shape index (κ2) is 4.22. The first-order valence-corrected chi connectivity index (χ1v) is 6.27. The van der Waals surface area contributed by atoms with Gasteiger partial charge >= 0.3 is 6.01 Å². The number of aromatic nitrogens is 2. The van der Waals surface area contributed by atoms with Gasteiger partial charge in [-0.25, -0.2) is 0 Å². The van der Waals surface area contributed by atoms with Crippen molar-refractivity contribution in [3.05, 3.63) is 5.89 Å². The van der Waals surface area contributed by atoms with Crippen molar-refractivity contribution in [3.8, 4) is 0 Å². The molecule has 0 spiro atoms. The van der Waals surface area contributed by atoms with Crippen LogP contribution in [0, 0.1) is 0 Å². The zero-order valence-electron chi connectivity index (χ0n) is 9.03. The molecule has 2 heterocycles. The van der Waals surface area contributed by atoms with Crippen molar-refractivity contribution in [1.29, 1.82) is 0 Å². The Morgan fingerprint density at radius 3 is 2.94 bits per heavy atom. The minimum Gasteiger partial charge on any atom is -0.407 e. The van der Waals surface area contributed by atoms with Crippen molar-refractivity contribution in [2.45, 2.75) is 37.2 Å². The zero-order valence-corrected chi connectivity index (χ0v) is 9.78. The van der Waals surface area contributed by atoms with Crippen LogP contribution >= 0.6 is 11.6 Å². The first-order valence-electron chi connectivity index (χ1n) is 5.74. The van der Waals surface area contributed by atoms with E-state index < -0.39 is 0 Å². The summed E-state index contributed by atoms with van der Waals surface area (Å²) in [6.45, 7) is 2.27. The van der Waals surface area contributed by atoms with Crippen LogP contribution in [-0.2, 0) is 5.88 Å². The number of hydrogen-bond donors (Lipinski definition) is 1. The average Bonchev–Trinajstić information content (AvgIpc) is 2.88. The van der Waals surface area contributed by atoms with Gasteiger partial charge in [-0.2, -0.15) is 0 Å². The van der Waals surface area contributed by atoms with Crippen LogP contribution in [0.3, 0.4) is 0 Å². The lowest BCUT2D eigenvalue weighted by Gasteiger charge is -2.14. The molecule has 1 saturated heterocycles. The number of halogens is 1. The van der Waals surface area contributed by atoms with E-state index in [0.717, 1.165) is 19.0 Å². The molecule has 2 aliphatic rings. The van der Waals surface area contributed by atoms with E-state index in [1.165, 1.54) is 19.4 Å². The lowest BCUT2D eigenvalue weighted by Crippen LogP contribution is -2.27. The quantitative estimate of drug-likeness (QED) is 0.811. The molecule has 3 rings (SSSR count). The van der Waals surface area contributed by atoms with Crippen molar-refractivity contribution < 1.29 is 4.42 Å². The number of anilines is 1. The molecule has 1 N–H and O–H groups in total. The summed E-state index contributed by atoms with van der Waals surface area (Å²) in [4.78, 5) is 2.54. The molecule has 0 bridgehead atoms. The van der Waals surface area contributed by atoms with Gasteiger partial charge in [0.2, 0.25) is 5.89 Å². The number of nitrogens with one attached hydrogen (secondary N) is 1. The van der Waals surface area contributed by atoms with Gasteiger partial charge in [-0.15, -0.1) is 16.7 Å². The highest BCUT2D eigenvalue weighted by Gasteiger charge is 2.34. The number of alkyl halides is 1. The van der Waals surface area contributed by atoms with E-state index in [1.807, 2.05) is 0 Å². The molecule has 0 aromatic carbocycles. The molecule has 6 heteroatoms. The molecular formula is C10H15ClN4O. The molecule has 1 saturated carbocycles. The maximum absolute atomic E-state index is 5.60. The van der Waals surface area contributed by atoms with Crippen molar-refractivity contribution in [1.82, 2.24) is 15.1 Å². The van der Waals surface area contributed by atoms with E-state index in [-0.39, 0.29) is 5.88 Å². The van der Waals surface area contributed by atoms with Crippen LogP contribution in [0.1, 0.15) is 25.2 Å². The van der Waals surface area contributed by atoms with Crippen molar-refractivity contribution in [2.75, 3.05) is 18.4 Å². The molecule has 1 aliphatic carbocycles. The normalized spacial score (nSPS) is 26.2. The third-order valence-electron chi connectivity index (χ3n) is 3.19. The Morgan fingerprint density at radius 1 is 1.38 bits per heavy atom. The number of hydrogen-bond acceptors (Lipinski definition) is 5. The fourth-order valence-corrected chi connectivity index (χ4v) is 2.33. The van der Waals surface area contributed by atoms with E-state index >= 15 is 0 Å². The third-order valence-corrected chi connectivity index (χ3v) is 3.42. The Balaban J connectivity index is 1.54. The lowest BCUT2D eigenvalue weighted by molar-refractivity contribution is 0.325. The van der Waals surface area contributed by atoms with Crippen LogP contribution in [0.5, 0.6) is 0 Å². The number of rotatable bonds is 4. The van der Waals surface area contributed by atoms with E-state index in [9.17, 15) is 0 Å².